The van der Waals surface area contributed by atoms with E-state index in [-0.39, 0.29) is 17.0 Å². The predicted octanol–water partition coefficient (Wildman–Crippen LogP) is 2.61. The lowest BCUT2D eigenvalue weighted by molar-refractivity contribution is 0.102. The number of hydrogen-bond donors (Lipinski definition) is 1. The van der Waals surface area contributed by atoms with Gasteiger partial charge in [0.05, 0.1) is 11.9 Å². The monoisotopic (exact) mass is 322 g/mol. The Hall–Kier alpha value is -3.09. The average molecular weight is 322 g/mol. The molecule has 0 fully saturated rings. The lowest BCUT2D eigenvalue weighted by Gasteiger charge is -2.13. The second-order valence-corrected chi connectivity index (χ2v) is 6.31. The van der Waals surface area contributed by atoms with E-state index in [2.05, 4.69) is 46.1 Å². The highest BCUT2D eigenvalue weighted by Crippen LogP contribution is 2.25. The number of carbonyl (C=O) groups is 1. The number of pyridine rings is 1. The summed E-state index contributed by atoms with van der Waals surface area (Å²) >= 11 is 0. The van der Waals surface area contributed by atoms with Crippen molar-refractivity contribution in [2.75, 3.05) is 5.32 Å². The van der Waals surface area contributed by atoms with E-state index in [1.165, 1.54) is 18.6 Å². The van der Waals surface area contributed by atoms with Crippen molar-refractivity contribution in [3.05, 3.63) is 60.4 Å². The molecule has 3 rings (SSSR count). The van der Waals surface area contributed by atoms with Gasteiger partial charge in [-0.05, 0) is 12.1 Å². The molecule has 3 aromatic heterocycles. The van der Waals surface area contributed by atoms with Crippen molar-refractivity contribution in [1.82, 2.24) is 24.7 Å². The van der Waals surface area contributed by atoms with Gasteiger partial charge >= 0.3 is 0 Å². The summed E-state index contributed by atoms with van der Waals surface area (Å²) in [5.74, 6) is 0.817. The fraction of sp³-hybridized carbons (Fsp3) is 0.235. The molecule has 7 heteroatoms. The number of nitrogens with one attached hydrogen (secondary N) is 1. The number of carbonyl (C=O) groups excluding carboxylic acids is 1. The Kier molecular flexibility index (Phi) is 4.07. The van der Waals surface area contributed by atoms with Crippen LogP contribution in [0.25, 0.3) is 5.82 Å². The summed E-state index contributed by atoms with van der Waals surface area (Å²) in [6.45, 7) is 6.19. The van der Waals surface area contributed by atoms with E-state index >= 15 is 0 Å². The maximum Gasteiger partial charge on any atom is 0.277 e. The van der Waals surface area contributed by atoms with Gasteiger partial charge in [0.1, 0.15) is 11.5 Å². The van der Waals surface area contributed by atoms with Crippen molar-refractivity contribution in [3.8, 4) is 5.82 Å². The highest BCUT2D eigenvalue weighted by atomic mass is 16.2. The van der Waals surface area contributed by atoms with Crippen molar-refractivity contribution >= 4 is 11.7 Å². The van der Waals surface area contributed by atoms with Crippen LogP contribution < -0.4 is 5.32 Å². The Morgan fingerprint density at radius 3 is 2.58 bits per heavy atom. The second kappa shape index (κ2) is 6.19. The molecule has 3 aromatic rings. The average Bonchev–Trinajstić information content (AvgIpc) is 3.00. The summed E-state index contributed by atoms with van der Waals surface area (Å²) in [5.41, 5.74) is 0.928. The van der Waals surface area contributed by atoms with Crippen LogP contribution >= 0.6 is 0 Å². The van der Waals surface area contributed by atoms with Gasteiger partial charge in [-0.15, -0.1) is 0 Å². The minimum atomic E-state index is -0.347. The zero-order valence-corrected chi connectivity index (χ0v) is 13.8. The van der Waals surface area contributed by atoms with Gasteiger partial charge in [-0.1, -0.05) is 26.8 Å². The molecule has 0 atom stereocenters. The Morgan fingerprint density at radius 2 is 1.96 bits per heavy atom. The number of anilines is 1. The van der Waals surface area contributed by atoms with Gasteiger partial charge in [-0.25, -0.2) is 9.97 Å². The molecular formula is C17H18N6O. The van der Waals surface area contributed by atoms with E-state index in [0.29, 0.717) is 11.6 Å². The molecule has 7 nitrogen and oxygen atoms in total. The van der Waals surface area contributed by atoms with Crippen LogP contribution in [0.2, 0.25) is 0 Å². The zero-order valence-electron chi connectivity index (χ0n) is 13.8. The maximum absolute atomic E-state index is 12.4. The lowest BCUT2D eigenvalue weighted by Crippen LogP contribution is -2.17. The second-order valence-electron chi connectivity index (χ2n) is 6.31. The summed E-state index contributed by atoms with van der Waals surface area (Å²) in [6, 6.07) is 7.38. The minimum absolute atomic E-state index is 0.161. The van der Waals surface area contributed by atoms with Crippen LogP contribution in [0.3, 0.4) is 0 Å². The molecule has 0 radical (unpaired) electrons. The smallest absolute Gasteiger partial charge is 0.277 e. The summed E-state index contributed by atoms with van der Waals surface area (Å²) < 4.78 is 1.62. The minimum Gasteiger partial charge on any atom is -0.305 e. The number of hydrogen-bond acceptors (Lipinski definition) is 5. The van der Waals surface area contributed by atoms with Crippen LogP contribution in [0, 0.1) is 0 Å². The molecule has 0 aromatic carbocycles. The van der Waals surface area contributed by atoms with Crippen molar-refractivity contribution in [3.63, 3.8) is 0 Å². The fourth-order valence-electron chi connectivity index (χ4n) is 2.09. The third kappa shape index (κ3) is 3.29. The van der Waals surface area contributed by atoms with Crippen molar-refractivity contribution in [2.24, 2.45) is 0 Å². The van der Waals surface area contributed by atoms with E-state index < -0.39 is 0 Å². The molecule has 0 saturated heterocycles. The molecule has 0 aliphatic carbocycles. The molecule has 1 N–H and O–H groups in total. The van der Waals surface area contributed by atoms with Crippen molar-refractivity contribution in [1.29, 1.82) is 0 Å². The topological polar surface area (TPSA) is 85.6 Å². The van der Waals surface area contributed by atoms with Gasteiger partial charge in [0, 0.05) is 30.1 Å². The van der Waals surface area contributed by atoms with Crippen LogP contribution in [-0.4, -0.2) is 30.6 Å². The number of rotatable bonds is 3. The quantitative estimate of drug-likeness (QED) is 0.801. The first kappa shape index (κ1) is 15.8. The summed E-state index contributed by atoms with van der Waals surface area (Å²) in [6.07, 6.45) is 6.10. The first-order valence-electron chi connectivity index (χ1n) is 7.54. The first-order chi connectivity index (χ1) is 11.4. The molecule has 3 heterocycles. The van der Waals surface area contributed by atoms with Crippen LogP contribution in [0.15, 0.2) is 49.1 Å². The summed E-state index contributed by atoms with van der Waals surface area (Å²) in [4.78, 5) is 24.6. The number of nitrogens with zero attached hydrogens (tertiary/aromatic N) is 5. The van der Waals surface area contributed by atoms with E-state index in [4.69, 9.17) is 0 Å². The third-order valence-corrected chi connectivity index (χ3v) is 3.38. The van der Waals surface area contributed by atoms with Crippen molar-refractivity contribution < 1.29 is 4.79 Å². The largest absolute Gasteiger partial charge is 0.305 e. The standard InChI is InChI=1S/C17H18N6O/c1-17(2,3)13-10-15(21-16(24)12-11-18-8-9-19-12)23(22-13)14-6-4-5-7-20-14/h4-11H,1-3H3,(H,21,24). The normalized spacial score (nSPS) is 11.3. The van der Waals surface area contributed by atoms with Gasteiger partial charge in [0.15, 0.2) is 5.82 Å². The van der Waals surface area contributed by atoms with E-state index in [1.54, 1.807) is 10.9 Å². The third-order valence-electron chi connectivity index (χ3n) is 3.38. The Labute approximate surface area is 139 Å². The predicted molar refractivity (Wildman–Crippen MR) is 90.0 cm³/mol. The molecule has 1 amide bonds. The molecule has 0 saturated carbocycles. The van der Waals surface area contributed by atoms with E-state index in [9.17, 15) is 4.79 Å². The van der Waals surface area contributed by atoms with Crippen LogP contribution in [0.4, 0.5) is 5.82 Å². The van der Waals surface area contributed by atoms with Gasteiger partial charge < -0.3 is 5.32 Å². The molecule has 122 valence electrons. The first-order valence-corrected chi connectivity index (χ1v) is 7.54. The lowest BCUT2D eigenvalue weighted by atomic mass is 9.92. The highest BCUT2D eigenvalue weighted by molar-refractivity contribution is 6.02. The van der Waals surface area contributed by atoms with Crippen LogP contribution in [0.5, 0.6) is 0 Å². The van der Waals surface area contributed by atoms with E-state index in [0.717, 1.165) is 5.69 Å². The highest BCUT2D eigenvalue weighted by Gasteiger charge is 2.22. The zero-order chi connectivity index (χ0) is 17.2. The van der Waals surface area contributed by atoms with Crippen molar-refractivity contribution in [2.45, 2.75) is 26.2 Å². The SMILES string of the molecule is CC(C)(C)c1cc(NC(=O)c2cnccn2)n(-c2ccccn2)n1. The van der Waals surface area contributed by atoms with Crippen LogP contribution in [-0.2, 0) is 5.41 Å². The van der Waals surface area contributed by atoms with Gasteiger partial charge in [-0.3, -0.25) is 9.78 Å². The molecule has 0 aliphatic rings. The van der Waals surface area contributed by atoms with Gasteiger partial charge in [-0.2, -0.15) is 9.78 Å². The molecule has 24 heavy (non-hydrogen) atoms. The molecule has 0 aliphatic heterocycles. The van der Waals surface area contributed by atoms with Gasteiger partial charge in [0.2, 0.25) is 0 Å². The Bertz CT molecular complexity index is 837. The van der Waals surface area contributed by atoms with Gasteiger partial charge in [0.25, 0.3) is 5.91 Å². The number of amides is 1. The molecule has 0 spiro atoms. The maximum atomic E-state index is 12.4. The van der Waals surface area contributed by atoms with Crippen LogP contribution in [0.1, 0.15) is 37.0 Å². The Morgan fingerprint density at radius 1 is 1.12 bits per heavy atom. The Balaban J connectivity index is 2.00. The summed E-state index contributed by atoms with van der Waals surface area (Å²) in [5, 5.41) is 7.44. The van der Waals surface area contributed by atoms with E-state index in [1.807, 2.05) is 24.3 Å². The number of aromatic nitrogens is 5. The molecular weight excluding hydrogens is 304 g/mol. The molecule has 0 bridgehead atoms. The summed E-state index contributed by atoms with van der Waals surface area (Å²) in [7, 11) is 0. The molecule has 0 unspecified atom stereocenters. The fourth-order valence-corrected chi connectivity index (χ4v) is 2.09.